The van der Waals surface area contributed by atoms with E-state index in [2.05, 4.69) is 47.1 Å². The molecule has 0 aromatic heterocycles. The van der Waals surface area contributed by atoms with Crippen molar-refractivity contribution in [2.24, 2.45) is 5.73 Å². The van der Waals surface area contributed by atoms with Crippen molar-refractivity contribution in [3.63, 3.8) is 0 Å². The van der Waals surface area contributed by atoms with Crippen molar-refractivity contribution >= 4 is 27.5 Å². The Kier molecular flexibility index (Phi) is 5.03. The quantitative estimate of drug-likeness (QED) is 0.824. The number of rotatable bonds is 4. The first kappa shape index (κ1) is 14.6. The molecular formula is C16H17BrClN. The van der Waals surface area contributed by atoms with Gasteiger partial charge in [0.15, 0.2) is 0 Å². The van der Waals surface area contributed by atoms with Crippen LogP contribution in [0.1, 0.15) is 36.1 Å². The first-order valence-corrected chi connectivity index (χ1v) is 7.58. The molecule has 0 aliphatic heterocycles. The topological polar surface area (TPSA) is 26.0 Å². The van der Waals surface area contributed by atoms with Crippen molar-refractivity contribution < 1.29 is 0 Å². The molecule has 2 aromatic rings. The van der Waals surface area contributed by atoms with Crippen LogP contribution in [0.15, 0.2) is 46.9 Å². The monoisotopic (exact) mass is 337 g/mol. The molecule has 19 heavy (non-hydrogen) atoms. The zero-order valence-corrected chi connectivity index (χ0v) is 13.2. The van der Waals surface area contributed by atoms with Gasteiger partial charge in [-0.3, -0.25) is 0 Å². The van der Waals surface area contributed by atoms with Gasteiger partial charge < -0.3 is 5.73 Å². The van der Waals surface area contributed by atoms with Gasteiger partial charge in [0, 0.05) is 4.47 Å². The predicted octanol–water partition coefficient (Wildman–Crippen LogP) is 5.10. The molecule has 0 aliphatic carbocycles. The van der Waals surface area contributed by atoms with E-state index in [-0.39, 0.29) is 6.04 Å². The minimum atomic E-state index is -0.120. The molecule has 1 unspecified atom stereocenters. The second kappa shape index (κ2) is 6.56. The zero-order chi connectivity index (χ0) is 13.8. The van der Waals surface area contributed by atoms with E-state index in [1.54, 1.807) is 0 Å². The summed E-state index contributed by atoms with van der Waals surface area (Å²) in [6.45, 7) is 2.18. The van der Waals surface area contributed by atoms with Gasteiger partial charge >= 0.3 is 0 Å². The fourth-order valence-corrected chi connectivity index (χ4v) is 2.64. The highest BCUT2D eigenvalue weighted by Crippen LogP contribution is 2.28. The molecule has 0 bridgehead atoms. The Hall–Kier alpha value is -0.830. The molecule has 0 radical (unpaired) electrons. The van der Waals surface area contributed by atoms with E-state index >= 15 is 0 Å². The number of hydrogen-bond donors (Lipinski definition) is 1. The van der Waals surface area contributed by atoms with Gasteiger partial charge in [-0.2, -0.15) is 0 Å². The third kappa shape index (κ3) is 3.59. The summed E-state index contributed by atoms with van der Waals surface area (Å²) in [7, 11) is 0. The van der Waals surface area contributed by atoms with Gasteiger partial charge in [-0.25, -0.2) is 0 Å². The zero-order valence-electron chi connectivity index (χ0n) is 10.9. The number of hydrogen-bond acceptors (Lipinski definition) is 1. The van der Waals surface area contributed by atoms with E-state index in [0.717, 1.165) is 28.4 Å². The Balaban J connectivity index is 2.29. The second-order valence-electron chi connectivity index (χ2n) is 4.65. The van der Waals surface area contributed by atoms with Gasteiger partial charge in [0.25, 0.3) is 0 Å². The third-order valence-electron chi connectivity index (χ3n) is 3.15. The van der Waals surface area contributed by atoms with Crippen molar-refractivity contribution in [3.05, 3.63) is 68.7 Å². The van der Waals surface area contributed by atoms with Gasteiger partial charge in [0.2, 0.25) is 0 Å². The van der Waals surface area contributed by atoms with Crippen LogP contribution in [0.3, 0.4) is 0 Å². The fourth-order valence-electron chi connectivity index (χ4n) is 2.13. The summed E-state index contributed by atoms with van der Waals surface area (Å²) < 4.78 is 0.881. The lowest BCUT2D eigenvalue weighted by molar-refractivity contribution is 0.858. The summed E-state index contributed by atoms with van der Waals surface area (Å²) in [4.78, 5) is 0. The summed E-state index contributed by atoms with van der Waals surface area (Å²) in [6.07, 6.45) is 2.23. The molecular weight excluding hydrogens is 322 g/mol. The van der Waals surface area contributed by atoms with Gasteiger partial charge in [-0.15, -0.1) is 0 Å². The maximum absolute atomic E-state index is 6.34. The van der Waals surface area contributed by atoms with Crippen LogP contribution in [0, 0.1) is 0 Å². The Morgan fingerprint density at radius 1 is 1.16 bits per heavy atom. The summed E-state index contributed by atoms with van der Waals surface area (Å²) in [5.74, 6) is 0. The third-order valence-corrected chi connectivity index (χ3v) is 4.37. The molecule has 0 spiro atoms. The lowest BCUT2D eigenvalue weighted by Gasteiger charge is -2.14. The molecule has 2 N–H and O–H groups in total. The van der Waals surface area contributed by atoms with Gasteiger partial charge in [0.1, 0.15) is 0 Å². The Morgan fingerprint density at radius 2 is 1.89 bits per heavy atom. The van der Waals surface area contributed by atoms with Gasteiger partial charge in [0.05, 0.1) is 11.1 Å². The molecule has 2 aromatic carbocycles. The summed E-state index contributed by atoms with van der Waals surface area (Å²) in [6, 6.07) is 14.2. The lowest BCUT2D eigenvalue weighted by atomic mass is 9.97. The van der Waals surface area contributed by atoms with Crippen molar-refractivity contribution in [3.8, 4) is 0 Å². The standard InChI is InChI=1S/C16H17BrClN/c1-2-4-11-5-3-6-12(9-11)16(19)13-7-8-15(18)14(17)10-13/h3,5-10,16H,2,4,19H2,1H3. The first-order valence-electron chi connectivity index (χ1n) is 6.41. The molecule has 0 aliphatic rings. The fraction of sp³-hybridized carbons (Fsp3) is 0.250. The van der Waals surface area contributed by atoms with Crippen LogP contribution in [0.4, 0.5) is 0 Å². The first-order chi connectivity index (χ1) is 9.11. The maximum atomic E-state index is 6.34. The minimum absolute atomic E-state index is 0.120. The van der Waals surface area contributed by atoms with Gasteiger partial charge in [-0.05, 0) is 51.2 Å². The van der Waals surface area contributed by atoms with Crippen LogP contribution in [-0.4, -0.2) is 0 Å². The van der Waals surface area contributed by atoms with Crippen LogP contribution in [-0.2, 0) is 6.42 Å². The van der Waals surface area contributed by atoms with Crippen LogP contribution in [0.2, 0.25) is 5.02 Å². The van der Waals surface area contributed by atoms with E-state index in [4.69, 9.17) is 17.3 Å². The van der Waals surface area contributed by atoms with E-state index in [1.165, 1.54) is 5.56 Å². The Morgan fingerprint density at radius 3 is 2.58 bits per heavy atom. The van der Waals surface area contributed by atoms with Crippen LogP contribution >= 0.6 is 27.5 Å². The number of nitrogens with two attached hydrogens (primary N) is 1. The van der Waals surface area contributed by atoms with E-state index < -0.39 is 0 Å². The highest BCUT2D eigenvalue weighted by molar-refractivity contribution is 9.10. The summed E-state index contributed by atoms with van der Waals surface area (Å²) in [5.41, 5.74) is 9.87. The molecule has 100 valence electrons. The molecule has 0 saturated heterocycles. The number of aryl methyl sites for hydroxylation is 1. The lowest BCUT2D eigenvalue weighted by Crippen LogP contribution is -2.12. The van der Waals surface area contributed by atoms with Crippen molar-refractivity contribution in [1.82, 2.24) is 0 Å². The van der Waals surface area contributed by atoms with E-state index in [1.807, 2.05) is 18.2 Å². The molecule has 2 rings (SSSR count). The average molecular weight is 339 g/mol. The molecule has 0 saturated carbocycles. The van der Waals surface area contributed by atoms with E-state index in [0.29, 0.717) is 5.02 Å². The van der Waals surface area contributed by atoms with Crippen molar-refractivity contribution in [2.45, 2.75) is 25.8 Å². The van der Waals surface area contributed by atoms with Gasteiger partial charge in [-0.1, -0.05) is 55.3 Å². The smallest absolute Gasteiger partial charge is 0.0552 e. The van der Waals surface area contributed by atoms with Crippen LogP contribution in [0.25, 0.3) is 0 Å². The minimum Gasteiger partial charge on any atom is -0.320 e. The van der Waals surface area contributed by atoms with E-state index in [9.17, 15) is 0 Å². The average Bonchev–Trinajstić information content (AvgIpc) is 2.42. The molecule has 3 heteroatoms. The van der Waals surface area contributed by atoms with Crippen LogP contribution < -0.4 is 5.73 Å². The van der Waals surface area contributed by atoms with Crippen LogP contribution in [0.5, 0.6) is 0 Å². The highest BCUT2D eigenvalue weighted by Gasteiger charge is 2.10. The van der Waals surface area contributed by atoms with Crippen molar-refractivity contribution in [2.75, 3.05) is 0 Å². The Bertz CT molecular complexity index is 568. The highest BCUT2D eigenvalue weighted by atomic mass is 79.9. The maximum Gasteiger partial charge on any atom is 0.0552 e. The van der Waals surface area contributed by atoms with Crippen molar-refractivity contribution in [1.29, 1.82) is 0 Å². The number of halogens is 2. The molecule has 0 heterocycles. The normalized spacial score (nSPS) is 12.4. The summed E-state index contributed by atoms with van der Waals surface area (Å²) >= 11 is 9.45. The largest absolute Gasteiger partial charge is 0.320 e. The number of benzene rings is 2. The molecule has 1 nitrogen and oxygen atoms in total. The molecule has 1 atom stereocenters. The Labute approximate surface area is 127 Å². The molecule has 0 amide bonds. The summed E-state index contributed by atoms with van der Waals surface area (Å²) in [5, 5.41) is 0.704. The second-order valence-corrected chi connectivity index (χ2v) is 5.91. The SMILES string of the molecule is CCCc1cccc(C(N)c2ccc(Cl)c(Br)c2)c1. The predicted molar refractivity (Wildman–Crippen MR) is 85.6 cm³/mol. The molecule has 0 fully saturated rings.